The van der Waals surface area contributed by atoms with Crippen molar-refractivity contribution in [2.24, 2.45) is 10.7 Å². The van der Waals surface area contributed by atoms with Gasteiger partial charge in [-0.25, -0.2) is 4.99 Å². The standard InChI is InChI=1S/C18H23N3O/c1-13-7-14(2)9-17(8-13)21-18(19)20-11-15-5-4-6-16(10-15)12-22-3/h4-10H,11-12H2,1-3H3,(H3,19,20,21). The Morgan fingerprint density at radius 2 is 1.77 bits per heavy atom. The summed E-state index contributed by atoms with van der Waals surface area (Å²) in [5.41, 5.74) is 11.6. The first-order chi connectivity index (χ1) is 10.6. The maximum Gasteiger partial charge on any atom is 0.193 e. The Balaban J connectivity index is 2.01. The van der Waals surface area contributed by atoms with E-state index in [-0.39, 0.29) is 0 Å². The average Bonchev–Trinajstić information content (AvgIpc) is 2.45. The lowest BCUT2D eigenvalue weighted by molar-refractivity contribution is 0.185. The Morgan fingerprint density at radius 1 is 1.09 bits per heavy atom. The number of nitrogens with two attached hydrogens (primary N) is 1. The van der Waals surface area contributed by atoms with Crippen molar-refractivity contribution in [2.45, 2.75) is 27.0 Å². The Labute approximate surface area is 132 Å². The van der Waals surface area contributed by atoms with Gasteiger partial charge >= 0.3 is 0 Å². The zero-order chi connectivity index (χ0) is 15.9. The molecule has 0 aliphatic heterocycles. The zero-order valence-corrected chi connectivity index (χ0v) is 13.4. The highest BCUT2D eigenvalue weighted by Gasteiger charge is 1.99. The number of aryl methyl sites for hydroxylation is 2. The van der Waals surface area contributed by atoms with Crippen LogP contribution in [0.1, 0.15) is 22.3 Å². The first-order valence-electron chi connectivity index (χ1n) is 7.29. The van der Waals surface area contributed by atoms with E-state index in [0.29, 0.717) is 19.1 Å². The predicted molar refractivity (Wildman–Crippen MR) is 92.0 cm³/mol. The van der Waals surface area contributed by atoms with E-state index in [9.17, 15) is 0 Å². The lowest BCUT2D eigenvalue weighted by atomic mass is 10.1. The summed E-state index contributed by atoms with van der Waals surface area (Å²) < 4.78 is 5.14. The van der Waals surface area contributed by atoms with Crippen LogP contribution in [0.4, 0.5) is 5.69 Å². The molecule has 4 nitrogen and oxygen atoms in total. The molecular formula is C18H23N3O. The molecule has 0 saturated heterocycles. The number of guanidine groups is 1. The van der Waals surface area contributed by atoms with Crippen molar-refractivity contribution >= 4 is 11.6 Å². The highest BCUT2D eigenvalue weighted by Crippen LogP contribution is 2.13. The second kappa shape index (κ2) is 7.61. The maximum atomic E-state index is 5.96. The predicted octanol–water partition coefficient (Wildman–Crippen LogP) is 3.38. The molecule has 22 heavy (non-hydrogen) atoms. The Morgan fingerprint density at radius 3 is 2.45 bits per heavy atom. The van der Waals surface area contributed by atoms with Gasteiger partial charge in [0.25, 0.3) is 0 Å². The molecule has 0 amide bonds. The minimum Gasteiger partial charge on any atom is -0.380 e. The molecule has 0 heterocycles. The molecule has 3 N–H and O–H groups in total. The largest absolute Gasteiger partial charge is 0.380 e. The number of anilines is 1. The Kier molecular flexibility index (Phi) is 5.55. The fourth-order valence-electron chi connectivity index (χ4n) is 2.40. The Hall–Kier alpha value is -2.33. The molecule has 2 aromatic rings. The van der Waals surface area contributed by atoms with Crippen LogP contribution in [-0.2, 0) is 17.9 Å². The number of methoxy groups -OCH3 is 1. The number of hydrogen-bond donors (Lipinski definition) is 2. The summed E-state index contributed by atoms with van der Waals surface area (Å²) in [7, 11) is 1.69. The number of hydrogen-bond acceptors (Lipinski definition) is 2. The number of nitrogens with one attached hydrogen (secondary N) is 1. The van der Waals surface area contributed by atoms with E-state index >= 15 is 0 Å². The van der Waals surface area contributed by atoms with Crippen molar-refractivity contribution < 1.29 is 4.74 Å². The molecule has 0 aliphatic rings. The lowest BCUT2D eigenvalue weighted by Crippen LogP contribution is -2.22. The zero-order valence-electron chi connectivity index (χ0n) is 13.4. The molecule has 0 aromatic heterocycles. The number of aliphatic imine (C=N–C) groups is 1. The molecular weight excluding hydrogens is 274 g/mol. The average molecular weight is 297 g/mol. The summed E-state index contributed by atoms with van der Waals surface area (Å²) >= 11 is 0. The van der Waals surface area contributed by atoms with E-state index in [1.165, 1.54) is 11.1 Å². The molecule has 0 radical (unpaired) electrons. The summed E-state index contributed by atoms with van der Waals surface area (Å²) in [6.45, 7) is 5.27. The molecule has 2 aromatic carbocycles. The quantitative estimate of drug-likeness (QED) is 0.657. The third-order valence-corrected chi connectivity index (χ3v) is 3.23. The summed E-state index contributed by atoms with van der Waals surface area (Å²) in [6.07, 6.45) is 0. The highest BCUT2D eigenvalue weighted by atomic mass is 16.5. The van der Waals surface area contributed by atoms with Gasteiger partial charge in [0.15, 0.2) is 5.96 Å². The molecule has 0 saturated carbocycles. The van der Waals surface area contributed by atoms with Gasteiger partial charge in [0.2, 0.25) is 0 Å². The maximum absolute atomic E-state index is 5.96. The van der Waals surface area contributed by atoms with E-state index < -0.39 is 0 Å². The van der Waals surface area contributed by atoms with E-state index in [1.54, 1.807) is 7.11 Å². The summed E-state index contributed by atoms with van der Waals surface area (Å²) in [4.78, 5) is 4.39. The molecule has 0 unspecified atom stereocenters. The van der Waals surface area contributed by atoms with Gasteiger partial charge in [-0.1, -0.05) is 30.3 Å². The van der Waals surface area contributed by atoms with Crippen molar-refractivity contribution in [1.82, 2.24) is 0 Å². The van der Waals surface area contributed by atoms with Gasteiger partial charge in [0, 0.05) is 12.8 Å². The van der Waals surface area contributed by atoms with Gasteiger partial charge < -0.3 is 15.8 Å². The van der Waals surface area contributed by atoms with Crippen molar-refractivity contribution in [3.63, 3.8) is 0 Å². The van der Waals surface area contributed by atoms with Crippen LogP contribution < -0.4 is 11.1 Å². The summed E-state index contributed by atoms with van der Waals surface area (Å²) in [5.74, 6) is 0.419. The smallest absolute Gasteiger partial charge is 0.193 e. The molecule has 116 valence electrons. The van der Waals surface area contributed by atoms with E-state index in [4.69, 9.17) is 10.5 Å². The van der Waals surface area contributed by atoms with E-state index in [1.807, 2.05) is 18.2 Å². The minimum atomic E-state index is 0.419. The molecule has 2 rings (SSSR count). The first kappa shape index (κ1) is 16.0. The second-order valence-electron chi connectivity index (χ2n) is 5.46. The van der Waals surface area contributed by atoms with Crippen LogP contribution >= 0.6 is 0 Å². The molecule has 0 bridgehead atoms. The van der Waals surface area contributed by atoms with Crippen LogP contribution in [-0.4, -0.2) is 13.1 Å². The molecule has 0 fully saturated rings. The van der Waals surface area contributed by atoms with Gasteiger partial charge in [-0.2, -0.15) is 0 Å². The van der Waals surface area contributed by atoms with Crippen LogP contribution in [0, 0.1) is 13.8 Å². The number of benzene rings is 2. The van der Waals surface area contributed by atoms with Gasteiger partial charge in [0.1, 0.15) is 0 Å². The van der Waals surface area contributed by atoms with Crippen LogP contribution in [0.3, 0.4) is 0 Å². The van der Waals surface area contributed by atoms with Crippen LogP contribution in [0.15, 0.2) is 47.5 Å². The normalized spacial score (nSPS) is 11.5. The fraction of sp³-hybridized carbons (Fsp3) is 0.278. The minimum absolute atomic E-state index is 0.419. The molecule has 4 heteroatoms. The van der Waals surface area contributed by atoms with E-state index in [0.717, 1.165) is 16.8 Å². The fourth-order valence-corrected chi connectivity index (χ4v) is 2.40. The van der Waals surface area contributed by atoms with Crippen molar-refractivity contribution in [3.8, 4) is 0 Å². The summed E-state index contributed by atoms with van der Waals surface area (Å²) in [6, 6.07) is 14.4. The van der Waals surface area contributed by atoms with Crippen molar-refractivity contribution in [1.29, 1.82) is 0 Å². The van der Waals surface area contributed by atoms with Gasteiger partial charge in [-0.3, -0.25) is 0 Å². The lowest BCUT2D eigenvalue weighted by Gasteiger charge is -2.08. The first-order valence-corrected chi connectivity index (χ1v) is 7.29. The van der Waals surface area contributed by atoms with E-state index in [2.05, 4.69) is 48.4 Å². The summed E-state index contributed by atoms with van der Waals surface area (Å²) in [5, 5.41) is 3.14. The Bertz CT molecular complexity index is 645. The second-order valence-corrected chi connectivity index (χ2v) is 5.46. The van der Waals surface area contributed by atoms with Crippen LogP contribution in [0.5, 0.6) is 0 Å². The molecule has 0 atom stereocenters. The third kappa shape index (κ3) is 4.90. The SMILES string of the molecule is COCc1cccc(CN=C(N)Nc2cc(C)cc(C)c2)c1. The van der Waals surface area contributed by atoms with Gasteiger partial charge in [-0.15, -0.1) is 0 Å². The van der Waals surface area contributed by atoms with Gasteiger partial charge in [0.05, 0.1) is 13.2 Å². The topological polar surface area (TPSA) is 59.6 Å². The van der Waals surface area contributed by atoms with Crippen molar-refractivity contribution in [2.75, 3.05) is 12.4 Å². The third-order valence-electron chi connectivity index (χ3n) is 3.23. The number of ether oxygens (including phenoxy) is 1. The molecule has 0 aliphatic carbocycles. The highest BCUT2D eigenvalue weighted by molar-refractivity contribution is 5.92. The van der Waals surface area contributed by atoms with Crippen molar-refractivity contribution in [3.05, 3.63) is 64.7 Å². The molecule has 0 spiro atoms. The van der Waals surface area contributed by atoms with Gasteiger partial charge in [-0.05, 0) is 48.2 Å². The van der Waals surface area contributed by atoms with Crippen LogP contribution in [0.2, 0.25) is 0 Å². The number of rotatable bonds is 5. The number of nitrogens with zero attached hydrogens (tertiary/aromatic N) is 1. The van der Waals surface area contributed by atoms with Crippen LogP contribution in [0.25, 0.3) is 0 Å². The monoisotopic (exact) mass is 297 g/mol.